The molecule has 2 aromatic carbocycles. The first kappa shape index (κ1) is 16.9. The average Bonchev–Trinajstić information content (AvgIpc) is 2.46. The van der Waals surface area contributed by atoms with Crippen molar-refractivity contribution in [1.29, 1.82) is 0 Å². The van der Waals surface area contributed by atoms with Gasteiger partial charge in [0.2, 0.25) is 0 Å². The van der Waals surface area contributed by atoms with E-state index >= 15 is 0 Å². The number of halogens is 2. The number of hydrogen-bond acceptors (Lipinski definition) is 3. The number of rotatable bonds is 7. The van der Waals surface area contributed by atoms with Crippen LogP contribution in [0, 0.1) is 5.82 Å². The second-order valence-electron chi connectivity index (χ2n) is 4.68. The van der Waals surface area contributed by atoms with Crippen molar-refractivity contribution < 1.29 is 13.2 Å². The zero-order chi connectivity index (χ0) is 15.9. The molecule has 0 aliphatic heterocycles. The molecule has 4 nitrogen and oxygen atoms in total. The number of benzene rings is 2. The fourth-order valence-corrected chi connectivity index (χ4v) is 2.65. The van der Waals surface area contributed by atoms with Crippen molar-refractivity contribution >= 4 is 38.6 Å². The van der Waals surface area contributed by atoms with Crippen molar-refractivity contribution in [1.82, 2.24) is 0 Å². The van der Waals surface area contributed by atoms with E-state index in [1.54, 1.807) is 30.3 Å². The van der Waals surface area contributed by atoms with Crippen molar-refractivity contribution in [3.05, 3.63) is 58.3 Å². The van der Waals surface area contributed by atoms with Crippen molar-refractivity contribution in [3.63, 3.8) is 0 Å². The Hall–Kier alpha value is -1.44. The van der Waals surface area contributed by atoms with E-state index in [-0.39, 0.29) is 5.82 Å². The number of hydrogen-bond donors (Lipinski definition) is 2. The second kappa shape index (κ2) is 8.26. The molecular formula is C15H15BrFN2O2S-. The molecule has 22 heavy (non-hydrogen) atoms. The molecule has 1 atom stereocenters. The Kier molecular flexibility index (Phi) is 6.35. The van der Waals surface area contributed by atoms with Gasteiger partial charge in [0.05, 0.1) is 0 Å². The Balaban J connectivity index is 1.77. The first-order chi connectivity index (χ1) is 10.5. The molecule has 0 amide bonds. The average molecular weight is 386 g/mol. The third-order valence-electron chi connectivity index (χ3n) is 3.05. The summed E-state index contributed by atoms with van der Waals surface area (Å²) in [5.74, 6) is -0.199. The van der Waals surface area contributed by atoms with E-state index in [9.17, 15) is 13.2 Å². The van der Waals surface area contributed by atoms with Gasteiger partial charge in [-0.3, -0.25) is 4.21 Å². The standard InChI is InChI=1S/C15H16BrFN2O2S/c16-12-4-3-11(15(17)10-12)2-1-9-18-13-5-7-14(8-6-13)19-22(20)21/h3-8,10,18-19H,1-2,9H2,(H,20,21)/p-1. The lowest BCUT2D eigenvalue weighted by Crippen LogP contribution is -2.05. The molecule has 2 aromatic rings. The lowest BCUT2D eigenvalue weighted by atomic mass is 10.1. The van der Waals surface area contributed by atoms with Crippen LogP contribution in [0.3, 0.4) is 0 Å². The first-order valence-corrected chi connectivity index (χ1v) is 8.55. The molecule has 0 radical (unpaired) electrons. The van der Waals surface area contributed by atoms with Gasteiger partial charge in [0, 0.05) is 33.7 Å². The van der Waals surface area contributed by atoms with Gasteiger partial charge in [-0.25, -0.2) is 4.39 Å². The van der Waals surface area contributed by atoms with Gasteiger partial charge in [-0.1, -0.05) is 22.0 Å². The fraction of sp³-hybridized carbons (Fsp3) is 0.200. The summed E-state index contributed by atoms with van der Waals surface area (Å²) in [4.78, 5) is 0. The quantitative estimate of drug-likeness (QED) is 0.562. The molecule has 0 aromatic heterocycles. The monoisotopic (exact) mass is 385 g/mol. The topological polar surface area (TPSA) is 64.2 Å². The highest BCUT2D eigenvalue weighted by molar-refractivity contribution is 9.10. The maximum Gasteiger partial charge on any atom is 0.127 e. The van der Waals surface area contributed by atoms with E-state index in [2.05, 4.69) is 26.0 Å². The maximum atomic E-state index is 13.6. The van der Waals surface area contributed by atoms with Crippen LogP contribution in [0.2, 0.25) is 0 Å². The number of anilines is 2. The van der Waals surface area contributed by atoms with Gasteiger partial charge >= 0.3 is 0 Å². The van der Waals surface area contributed by atoms with Crippen LogP contribution in [0.5, 0.6) is 0 Å². The normalized spacial score (nSPS) is 12.0. The molecule has 0 fully saturated rings. The van der Waals surface area contributed by atoms with Crippen LogP contribution < -0.4 is 10.0 Å². The van der Waals surface area contributed by atoms with Crippen LogP contribution >= 0.6 is 15.9 Å². The molecule has 118 valence electrons. The molecule has 0 bridgehead atoms. The first-order valence-electron chi connectivity index (χ1n) is 6.68. The van der Waals surface area contributed by atoms with E-state index in [0.717, 1.165) is 16.6 Å². The van der Waals surface area contributed by atoms with Crippen molar-refractivity contribution in [2.45, 2.75) is 12.8 Å². The predicted octanol–water partition coefficient (Wildman–Crippen LogP) is 3.84. The smallest absolute Gasteiger partial charge is 0.127 e. The molecule has 0 spiro atoms. The summed E-state index contributed by atoms with van der Waals surface area (Å²) in [5, 5.41) is 3.21. The van der Waals surface area contributed by atoms with Crippen LogP contribution in [0.4, 0.5) is 15.8 Å². The molecule has 0 aliphatic carbocycles. The molecule has 1 unspecified atom stereocenters. The third kappa shape index (κ3) is 5.40. The van der Waals surface area contributed by atoms with Crippen LogP contribution in [-0.4, -0.2) is 15.3 Å². The van der Waals surface area contributed by atoms with E-state index < -0.39 is 11.3 Å². The van der Waals surface area contributed by atoms with Crippen molar-refractivity contribution in [2.75, 3.05) is 16.6 Å². The summed E-state index contributed by atoms with van der Waals surface area (Å²) in [6.07, 6.45) is 1.45. The summed E-state index contributed by atoms with van der Waals surface area (Å²) in [6, 6.07) is 12.0. The summed E-state index contributed by atoms with van der Waals surface area (Å²) >= 11 is 0.919. The zero-order valence-corrected chi connectivity index (χ0v) is 14.0. The fourth-order valence-electron chi connectivity index (χ4n) is 1.99. The van der Waals surface area contributed by atoms with Crippen LogP contribution in [0.1, 0.15) is 12.0 Å². The number of aryl methyl sites for hydroxylation is 1. The highest BCUT2D eigenvalue weighted by Gasteiger charge is 2.02. The molecule has 0 saturated heterocycles. The van der Waals surface area contributed by atoms with E-state index in [4.69, 9.17) is 0 Å². The van der Waals surface area contributed by atoms with Crippen LogP contribution in [0.15, 0.2) is 46.9 Å². The van der Waals surface area contributed by atoms with Crippen molar-refractivity contribution in [3.8, 4) is 0 Å². The van der Waals surface area contributed by atoms with Gasteiger partial charge < -0.3 is 14.6 Å². The highest BCUT2D eigenvalue weighted by Crippen LogP contribution is 2.17. The van der Waals surface area contributed by atoms with Crippen LogP contribution in [-0.2, 0) is 17.7 Å². The summed E-state index contributed by atoms with van der Waals surface area (Å²) < 4.78 is 37.6. The largest absolute Gasteiger partial charge is 0.755 e. The Labute approximate surface area is 139 Å². The highest BCUT2D eigenvalue weighted by atomic mass is 79.9. The molecule has 0 heterocycles. The van der Waals surface area contributed by atoms with Gasteiger partial charge in [-0.15, -0.1) is 0 Å². The molecule has 0 aliphatic rings. The molecular weight excluding hydrogens is 371 g/mol. The molecule has 0 saturated carbocycles. The third-order valence-corrected chi connectivity index (χ3v) is 3.95. The lowest BCUT2D eigenvalue weighted by Gasteiger charge is -2.10. The minimum absolute atomic E-state index is 0.199. The predicted molar refractivity (Wildman–Crippen MR) is 89.9 cm³/mol. The van der Waals surface area contributed by atoms with Crippen molar-refractivity contribution in [2.24, 2.45) is 0 Å². The maximum absolute atomic E-state index is 13.6. The summed E-state index contributed by atoms with van der Waals surface area (Å²) in [6.45, 7) is 0.704. The van der Waals surface area contributed by atoms with Gasteiger partial charge in [0.1, 0.15) is 5.82 Å². The van der Waals surface area contributed by atoms with Gasteiger partial charge in [0.25, 0.3) is 0 Å². The SMILES string of the molecule is O=S([O-])Nc1ccc(NCCCc2ccc(Br)cc2F)cc1. The second-order valence-corrected chi connectivity index (χ2v) is 6.27. The van der Waals surface area contributed by atoms with Gasteiger partial charge in [-0.05, 0) is 54.8 Å². The Morgan fingerprint density at radius 1 is 1.14 bits per heavy atom. The summed E-state index contributed by atoms with van der Waals surface area (Å²) in [5.41, 5.74) is 2.09. The summed E-state index contributed by atoms with van der Waals surface area (Å²) in [7, 11) is 0. The minimum atomic E-state index is -2.31. The molecule has 2 rings (SSSR count). The van der Waals surface area contributed by atoms with E-state index in [0.29, 0.717) is 24.2 Å². The van der Waals surface area contributed by atoms with E-state index in [1.165, 1.54) is 6.07 Å². The van der Waals surface area contributed by atoms with Gasteiger partial charge in [0.15, 0.2) is 0 Å². The molecule has 7 heteroatoms. The minimum Gasteiger partial charge on any atom is -0.755 e. The zero-order valence-electron chi connectivity index (χ0n) is 11.6. The van der Waals surface area contributed by atoms with Gasteiger partial charge in [-0.2, -0.15) is 0 Å². The Morgan fingerprint density at radius 3 is 2.45 bits per heavy atom. The van der Waals surface area contributed by atoms with Crippen LogP contribution in [0.25, 0.3) is 0 Å². The lowest BCUT2D eigenvalue weighted by molar-refractivity contribution is 0.542. The Bertz CT molecular complexity index is 652. The Morgan fingerprint density at radius 2 is 1.82 bits per heavy atom. The number of nitrogens with one attached hydrogen (secondary N) is 2. The molecule has 2 N–H and O–H groups in total. The van der Waals surface area contributed by atoms with E-state index in [1.807, 2.05) is 6.07 Å².